The van der Waals surface area contributed by atoms with Crippen LogP contribution in [0.1, 0.15) is 55.8 Å². The van der Waals surface area contributed by atoms with Crippen molar-refractivity contribution in [3.05, 3.63) is 55.5 Å². The molecule has 0 fully saturated rings. The summed E-state index contributed by atoms with van der Waals surface area (Å²) in [5.74, 6) is 0.688. The fourth-order valence-electron chi connectivity index (χ4n) is 2.97. The summed E-state index contributed by atoms with van der Waals surface area (Å²) in [7, 11) is 1.40. The Bertz CT molecular complexity index is 867. The molecular weight excluding hydrogens is 378 g/mol. The average Bonchev–Trinajstić information content (AvgIpc) is 2.67. The molecule has 0 radical (unpaired) electrons. The predicted octanol–water partition coefficient (Wildman–Crippen LogP) is 4.80. The number of nitrogens with zero attached hydrogens (tertiary/aromatic N) is 2. The van der Waals surface area contributed by atoms with Crippen LogP contribution in [-0.4, -0.2) is 22.0 Å². The molecule has 0 aliphatic rings. The molecule has 0 unspecified atom stereocenters. The molecular formula is C20H27N3O4S. The number of nitro groups is 1. The van der Waals surface area contributed by atoms with Gasteiger partial charge in [0.15, 0.2) is 10.9 Å². The van der Waals surface area contributed by atoms with E-state index in [4.69, 9.17) is 4.74 Å². The lowest BCUT2D eigenvalue weighted by Crippen LogP contribution is -2.17. The van der Waals surface area contributed by atoms with Crippen LogP contribution in [0.15, 0.2) is 28.2 Å². The van der Waals surface area contributed by atoms with E-state index < -0.39 is 4.92 Å². The highest BCUT2D eigenvalue weighted by atomic mass is 32.2. The van der Waals surface area contributed by atoms with Crippen molar-refractivity contribution in [2.24, 2.45) is 0 Å². The number of aryl methyl sites for hydroxylation is 1. The number of nitrogens with one attached hydrogen (secondary N) is 1. The van der Waals surface area contributed by atoms with E-state index >= 15 is 0 Å². The molecule has 152 valence electrons. The van der Waals surface area contributed by atoms with Gasteiger partial charge in [-0.1, -0.05) is 50.4 Å². The molecule has 1 aromatic carbocycles. The number of unbranched alkanes of at least 4 members (excludes halogenated alkanes) is 4. The number of nitro benzene ring substituents is 1. The smallest absolute Gasteiger partial charge is 0.311 e. The SMILES string of the molecule is CCCCCCCc1c(C)nc(SCc2ccc(OC)c([N+](=O)[O-])c2)[nH]c1=O. The van der Waals surface area contributed by atoms with Crippen LogP contribution in [0.25, 0.3) is 0 Å². The zero-order valence-corrected chi connectivity index (χ0v) is 17.4. The van der Waals surface area contributed by atoms with Crippen molar-refractivity contribution >= 4 is 17.4 Å². The number of H-pyrrole nitrogens is 1. The van der Waals surface area contributed by atoms with Crippen molar-refractivity contribution in [2.75, 3.05) is 7.11 Å². The van der Waals surface area contributed by atoms with Crippen LogP contribution in [0.5, 0.6) is 5.75 Å². The van der Waals surface area contributed by atoms with Gasteiger partial charge in [-0.15, -0.1) is 0 Å². The summed E-state index contributed by atoms with van der Waals surface area (Å²) in [6.45, 7) is 4.04. The number of hydrogen-bond donors (Lipinski definition) is 1. The van der Waals surface area contributed by atoms with Crippen LogP contribution >= 0.6 is 11.8 Å². The Morgan fingerprint density at radius 1 is 1.25 bits per heavy atom. The average molecular weight is 406 g/mol. The fraction of sp³-hybridized carbons (Fsp3) is 0.500. The van der Waals surface area contributed by atoms with E-state index in [2.05, 4.69) is 16.9 Å². The van der Waals surface area contributed by atoms with Gasteiger partial charge >= 0.3 is 5.69 Å². The van der Waals surface area contributed by atoms with Gasteiger partial charge in [0.2, 0.25) is 0 Å². The number of aromatic amines is 1. The van der Waals surface area contributed by atoms with E-state index in [0.717, 1.165) is 36.1 Å². The molecule has 0 saturated carbocycles. The minimum atomic E-state index is -0.466. The molecule has 8 heteroatoms. The fourth-order valence-corrected chi connectivity index (χ4v) is 3.82. The first-order valence-electron chi connectivity index (χ1n) is 9.50. The first-order chi connectivity index (χ1) is 13.5. The topological polar surface area (TPSA) is 98.1 Å². The number of aromatic nitrogens is 2. The van der Waals surface area contributed by atoms with E-state index in [0.29, 0.717) is 10.9 Å². The van der Waals surface area contributed by atoms with Crippen molar-refractivity contribution in [2.45, 2.75) is 63.3 Å². The molecule has 0 aliphatic carbocycles. The summed E-state index contributed by atoms with van der Waals surface area (Å²) in [6, 6.07) is 4.84. The van der Waals surface area contributed by atoms with Gasteiger partial charge in [0.05, 0.1) is 12.0 Å². The molecule has 0 atom stereocenters. The van der Waals surface area contributed by atoms with Crippen molar-refractivity contribution in [1.82, 2.24) is 9.97 Å². The first-order valence-corrected chi connectivity index (χ1v) is 10.5. The summed E-state index contributed by atoms with van der Waals surface area (Å²) in [4.78, 5) is 30.4. The number of benzene rings is 1. The monoisotopic (exact) mass is 405 g/mol. The quantitative estimate of drug-likeness (QED) is 0.190. The zero-order valence-electron chi connectivity index (χ0n) is 16.6. The van der Waals surface area contributed by atoms with E-state index in [1.165, 1.54) is 44.2 Å². The van der Waals surface area contributed by atoms with E-state index in [1.54, 1.807) is 12.1 Å². The Hall–Kier alpha value is -2.35. The molecule has 28 heavy (non-hydrogen) atoms. The number of methoxy groups -OCH3 is 1. The summed E-state index contributed by atoms with van der Waals surface area (Å²) < 4.78 is 5.01. The minimum absolute atomic E-state index is 0.0725. The highest BCUT2D eigenvalue weighted by molar-refractivity contribution is 7.98. The Labute approximate surface area is 169 Å². The molecule has 0 amide bonds. The highest BCUT2D eigenvalue weighted by Gasteiger charge is 2.15. The molecule has 1 heterocycles. The van der Waals surface area contributed by atoms with Crippen LogP contribution < -0.4 is 10.3 Å². The Balaban J connectivity index is 2.02. The molecule has 0 aliphatic heterocycles. The predicted molar refractivity (Wildman–Crippen MR) is 111 cm³/mol. The van der Waals surface area contributed by atoms with Gasteiger partial charge in [-0.25, -0.2) is 4.98 Å². The lowest BCUT2D eigenvalue weighted by Gasteiger charge is -2.08. The van der Waals surface area contributed by atoms with Gasteiger partial charge in [-0.2, -0.15) is 0 Å². The molecule has 2 aromatic rings. The number of hydrogen-bond acceptors (Lipinski definition) is 6. The second kappa shape index (κ2) is 10.8. The Morgan fingerprint density at radius 2 is 2.00 bits per heavy atom. The third-order valence-corrected chi connectivity index (χ3v) is 5.49. The molecule has 1 aromatic heterocycles. The van der Waals surface area contributed by atoms with Crippen LogP contribution in [0.4, 0.5) is 5.69 Å². The van der Waals surface area contributed by atoms with Crippen molar-refractivity contribution < 1.29 is 9.66 Å². The molecule has 2 rings (SSSR count). The largest absolute Gasteiger partial charge is 0.490 e. The maximum Gasteiger partial charge on any atom is 0.311 e. The first kappa shape index (κ1) is 21.9. The van der Waals surface area contributed by atoms with Crippen LogP contribution in [0, 0.1) is 17.0 Å². The summed E-state index contributed by atoms with van der Waals surface area (Å²) in [5.41, 5.74) is 2.10. The highest BCUT2D eigenvalue weighted by Crippen LogP contribution is 2.30. The van der Waals surface area contributed by atoms with Crippen molar-refractivity contribution in [3.63, 3.8) is 0 Å². The number of thioether (sulfide) groups is 1. The Kier molecular flexibility index (Phi) is 8.50. The summed E-state index contributed by atoms with van der Waals surface area (Å²) in [6.07, 6.45) is 6.49. The van der Waals surface area contributed by atoms with Crippen LogP contribution in [0.2, 0.25) is 0 Å². The summed E-state index contributed by atoms with van der Waals surface area (Å²) >= 11 is 1.35. The zero-order chi connectivity index (χ0) is 20.5. The third-order valence-electron chi connectivity index (χ3n) is 4.55. The van der Waals surface area contributed by atoms with Gasteiger partial charge in [-0.05, 0) is 31.4 Å². The minimum Gasteiger partial charge on any atom is -0.490 e. The molecule has 0 spiro atoms. The van der Waals surface area contributed by atoms with Gasteiger partial charge < -0.3 is 9.72 Å². The van der Waals surface area contributed by atoms with E-state index in [9.17, 15) is 14.9 Å². The van der Waals surface area contributed by atoms with Crippen molar-refractivity contribution in [1.29, 1.82) is 0 Å². The third kappa shape index (κ3) is 6.09. The van der Waals surface area contributed by atoms with Crippen LogP contribution in [0.3, 0.4) is 0 Å². The lowest BCUT2D eigenvalue weighted by molar-refractivity contribution is -0.385. The van der Waals surface area contributed by atoms with E-state index in [1.807, 2.05) is 6.92 Å². The number of ether oxygens (including phenoxy) is 1. The summed E-state index contributed by atoms with van der Waals surface area (Å²) in [5, 5.41) is 11.7. The molecule has 7 nitrogen and oxygen atoms in total. The molecule has 1 N–H and O–H groups in total. The maximum absolute atomic E-state index is 12.4. The van der Waals surface area contributed by atoms with Gasteiger partial charge in [-0.3, -0.25) is 14.9 Å². The van der Waals surface area contributed by atoms with Crippen LogP contribution in [-0.2, 0) is 12.2 Å². The lowest BCUT2D eigenvalue weighted by atomic mass is 10.1. The normalized spacial score (nSPS) is 10.8. The number of rotatable bonds is 11. The molecule has 0 saturated heterocycles. The standard InChI is InChI=1S/C20H27N3O4S/c1-4-5-6-7-8-9-16-14(2)21-20(22-19(16)24)28-13-15-10-11-18(27-3)17(12-15)23(25)26/h10-12H,4-9,13H2,1-3H3,(H,21,22,24). The van der Waals surface area contributed by atoms with E-state index in [-0.39, 0.29) is 17.0 Å². The Morgan fingerprint density at radius 3 is 2.64 bits per heavy atom. The second-order valence-corrected chi connectivity index (χ2v) is 7.62. The maximum atomic E-state index is 12.4. The van der Waals surface area contributed by atoms with Gasteiger partial charge in [0, 0.05) is 23.1 Å². The van der Waals surface area contributed by atoms with Gasteiger partial charge in [0.25, 0.3) is 5.56 Å². The van der Waals surface area contributed by atoms with Crippen molar-refractivity contribution in [3.8, 4) is 5.75 Å². The molecule has 0 bridgehead atoms. The second-order valence-electron chi connectivity index (χ2n) is 6.65. The van der Waals surface area contributed by atoms with Gasteiger partial charge in [0.1, 0.15) is 0 Å².